The minimum atomic E-state index is -0.273. The van der Waals surface area contributed by atoms with Crippen LogP contribution in [0.25, 0.3) is 4.96 Å². The van der Waals surface area contributed by atoms with Gasteiger partial charge in [0.2, 0.25) is 5.91 Å². The van der Waals surface area contributed by atoms with Crippen molar-refractivity contribution in [2.75, 3.05) is 13.1 Å². The zero-order valence-electron chi connectivity index (χ0n) is 16.7. The lowest BCUT2D eigenvalue weighted by Gasteiger charge is -2.32. The third-order valence-corrected chi connectivity index (χ3v) is 6.51. The normalized spacial score (nSPS) is 17.7. The van der Waals surface area contributed by atoms with Gasteiger partial charge in [-0.3, -0.25) is 14.1 Å². The van der Waals surface area contributed by atoms with Crippen molar-refractivity contribution >= 4 is 22.2 Å². The monoisotopic (exact) mass is 414 g/mol. The van der Waals surface area contributed by atoms with Crippen LogP contribution < -0.4 is 5.32 Å². The maximum Gasteiger partial charge on any atom is 0.220 e. The Hall–Kier alpha value is -2.25. The van der Waals surface area contributed by atoms with Crippen molar-refractivity contribution in [1.82, 2.24) is 19.6 Å². The highest BCUT2D eigenvalue weighted by Crippen LogP contribution is 2.24. The van der Waals surface area contributed by atoms with Crippen molar-refractivity contribution in [3.8, 4) is 0 Å². The molecule has 29 heavy (non-hydrogen) atoms. The summed E-state index contributed by atoms with van der Waals surface area (Å²) in [6.45, 7) is 5.33. The van der Waals surface area contributed by atoms with Gasteiger partial charge in [0, 0.05) is 43.2 Å². The summed E-state index contributed by atoms with van der Waals surface area (Å²) < 4.78 is 15.9. The van der Waals surface area contributed by atoms with E-state index in [9.17, 15) is 9.18 Å². The molecule has 0 aliphatic carbocycles. The number of nitrogens with one attached hydrogen (secondary N) is 1. The third kappa shape index (κ3) is 4.85. The topological polar surface area (TPSA) is 49.6 Å². The summed E-state index contributed by atoms with van der Waals surface area (Å²) in [4.78, 5) is 20.4. The Morgan fingerprint density at radius 1 is 1.38 bits per heavy atom. The number of carbonyl (C=O) groups excluding carboxylic acids is 1. The summed E-state index contributed by atoms with van der Waals surface area (Å²) in [5.41, 5.74) is 2.90. The molecule has 3 heterocycles. The maximum atomic E-state index is 13.7. The molecule has 3 aromatic rings. The van der Waals surface area contributed by atoms with E-state index in [1.165, 1.54) is 11.8 Å². The molecule has 1 saturated heterocycles. The minimum Gasteiger partial charge on any atom is -0.352 e. The summed E-state index contributed by atoms with van der Waals surface area (Å²) in [6, 6.07) is 6.57. The van der Waals surface area contributed by atoms with Gasteiger partial charge < -0.3 is 5.32 Å². The van der Waals surface area contributed by atoms with Crippen molar-refractivity contribution in [3.63, 3.8) is 0 Å². The molecule has 1 aromatic carbocycles. The molecule has 7 heteroatoms. The molecule has 0 saturated carbocycles. The van der Waals surface area contributed by atoms with Crippen molar-refractivity contribution in [2.45, 2.75) is 45.7 Å². The SMILES string of the molecule is Cc1nc2sccn2c1CN1CCCC(CCC(=O)NCc2ccccc2F)C1. The van der Waals surface area contributed by atoms with Crippen LogP contribution in [0.3, 0.4) is 0 Å². The highest BCUT2D eigenvalue weighted by molar-refractivity contribution is 7.15. The lowest BCUT2D eigenvalue weighted by Crippen LogP contribution is -2.36. The molecule has 2 aromatic heterocycles. The summed E-state index contributed by atoms with van der Waals surface area (Å²) >= 11 is 1.67. The van der Waals surface area contributed by atoms with Gasteiger partial charge in [0.15, 0.2) is 4.96 Å². The van der Waals surface area contributed by atoms with Crippen LogP contribution in [0.1, 0.15) is 42.6 Å². The van der Waals surface area contributed by atoms with E-state index in [-0.39, 0.29) is 18.3 Å². The molecule has 1 amide bonds. The highest BCUT2D eigenvalue weighted by Gasteiger charge is 2.22. The minimum absolute atomic E-state index is 0.00278. The fourth-order valence-electron chi connectivity index (χ4n) is 4.13. The van der Waals surface area contributed by atoms with E-state index in [0.29, 0.717) is 17.9 Å². The molecule has 1 N–H and O–H groups in total. The predicted molar refractivity (Wildman–Crippen MR) is 113 cm³/mol. The molecule has 1 atom stereocenters. The number of fused-ring (bicyclic) bond motifs is 1. The Morgan fingerprint density at radius 3 is 3.10 bits per heavy atom. The quantitative estimate of drug-likeness (QED) is 0.632. The van der Waals surface area contributed by atoms with Crippen LogP contribution in [0, 0.1) is 18.7 Å². The molecule has 1 unspecified atom stereocenters. The molecule has 1 fully saturated rings. The van der Waals surface area contributed by atoms with Gasteiger partial charge >= 0.3 is 0 Å². The number of benzene rings is 1. The first-order valence-corrected chi connectivity index (χ1v) is 11.1. The lowest BCUT2D eigenvalue weighted by molar-refractivity contribution is -0.121. The fraction of sp³-hybridized carbons (Fsp3) is 0.455. The molecular weight excluding hydrogens is 387 g/mol. The second-order valence-electron chi connectivity index (χ2n) is 7.85. The van der Waals surface area contributed by atoms with Gasteiger partial charge in [-0.05, 0) is 44.7 Å². The van der Waals surface area contributed by atoms with Gasteiger partial charge in [-0.2, -0.15) is 0 Å². The molecule has 0 spiro atoms. The summed E-state index contributed by atoms with van der Waals surface area (Å²) in [6.07, 6.45) is 5.78. The zero-order chi connectivity index (χ0) is 20.2. The molecular formula is C22H27FN4OS. The van der Waals surface area contributed by atoms with Gasteiger partial charge in [0.1, 0.15) is 5.82 Å². The Labute approximate surface area is 174 Å². The predicted octanol–water partition coefficient (Wildman–Crippen LogP) is 4.15. The number of hydrogen-bond donors (Lipinski definition) is 1. The number of thiazole rings is 1. The summed E-state index contributed by atoms with van der Waals surface area (Å²) in [7, 11) is 0. The van der Waals surface area contributed by atoms with Gasteiger partial charge in [-0.1, -0.05) is 18.2 Å². The van der Waals surface area contributed by atoms with E-state index in [4.69, 9.17) is 0 Å². The molecule has 154 valence electrons. The second kappa shape index (κ2) is 9.05. The van der Waals surface area contributed by atoms with Crippen molar-refractivity contribution in [3.05, 3.63) is 58.6 Å². The number of aryl methyl sites for hydroxylation is 1. The Morgan fingerprint density at radius 2 is 2.24 bits per heavy atom. The number of likely N-dealkylation sites (tertiary alicyclic amines) is 1. The van der Waals surface area contributed by atoms with Gasteiger partial charge in [-0.25, -0.2) is 9.37 Å². The first-order chi connectivity index (χ1) is 14.1. The molecule has 1 aliphatic heterocycles. The molecule has 4 rings (SSSR count). The van der Waals surface area contributed by atoms with Crippen LogP contribution in [-0.2, 0) is 17.9 Å². The Bertz CT molecular complexity index is 982. The van der Waals surface area contributed by atoms with Crippen molar-refractivity contribution in [2.24, 2.45) is 5.92 Å². The highest BCUT2D eigenvalue weighted by atomic mass is 32.1. The van der Waals surface area contributed by atoms with E-state index in [1.807, 2.05) is 0 Å². The van der Waals surface area contributed by atoms with E-state index in [1.54, 1.807) is 29.5 Å². The van der Waals surface area contributed by atoms with Gasteiger partial charge in [0.05, 0.1) is 11.4 Å². The Kier molecular flexibility index (Phi) is 6.25. The first kappa shape index (κ1) is 20.0. The average molecular weight is 415 g/mol. The van der Waals surface area contributed by atoms with Gasteiger partial charge in [-0.15, -0.1) is 11.3 Å². The number of amides is 1. The first-order valence-electron chi connectivity index (χ1n) is 10.2. The zero-order valence-corrected chi connectivity index (χ0v) is 17.6. The van der Waals surface area contributed by atoms with Crippen molar-refractivity contribution in [1.29, 1.82) is 0 Å². The van der Waals surface area contributed by atoms with Crippen LogP contribution in [-0.4, -0.2) is 33.3 Å². The van der Waals surface area contributed by atoms with Crippen LogP contribution >= 0.6 is 11.3 Å². The smallest absolute Gasteiger partial charge is 0.220 e. The largest absolute Gasteiger partial charge is 0.352 e. The summed E-state index contributed by atoms with van der Waals surface area (Å²) in [5.74, 6) is 0.247. The third-order valence-electron chi connectivity index (χ3n) is 5.75. The fourth-order valence-corrected chi connectivity index (χ4v) is 4.91. The molecule has 0 bridgehead atoms. The lowest BCUT2D eigenvalue weighted by atomic mass is 9.93. The number of nitrogens with zero attached hydrogens (tertiary/aromatic N) is 3. The second-order valence-corrected chi connectivity index (χ2v) is 8.72. The van der Waals surface area contributed by atoms with E-state index in [2.05, 4.69) is 38.1 Å². The van der Waals surface area contributed by atoms with E-state index >= 15 is 0 Å². The van der Waals surface area contributed by atoms with E-state index in [0.717, 1.165) is 49.6 Å². The molecule has 0 radical (unpaired) electrons. The Balaban J connectivity index is 1.25. The summed E-state index contributed by atoms with van der Waals surface area (Å²) in [5, 5.41) is 4.92. The maximum absolute atomic E-state index is 13.7. The number of halogens is 1. The standard InChI is InChI=1S/C22H27FN4OS/c1-16-20(27-11-12-29-22(27)25-16)15-26-10-4-5-17(14-26)8-9-21(28)24-13-18-6-2-3-7-19(18)23/h2-3,6-7,11-12,17H,4-5,8-10,13-15H2,1H3,(H,24,28). The number of hydrogen-bond acceptors (Lipinski definition) is 4. The van der Waals surface area contributed by atoms with Crippen molar-refractivity contribution < 1.29 is 9.18 Å². The van der Waals surface area contributed by atoms with Crippen LogP contribution in [0.2, 0.25) is 0 Å². The molecule has 1 aliphatic rings. The number of aromatic nitrogens is 2. The molecule has 5 nitrogen and oxygen atoms in total. The number of rotatable bonds is 7. The van der Waals surface area contributed by atoms with Crippen LogP contribution in [0.4, 0.5) is 4.39 Å². The number of imidazole rings is 1. The van der Waals surface area contributed by atoms with E-state index < -0.39 is 0 Å². The average Bonchev–Trinajstić information content (AvgIpc) is 3.28. The number of piperidine rings is 1. The van der Waals surface area contributed by atoms with Crippen LogP contribution in [0.5, 0.6) is 0 Å². The van der Waals surface area contributed by atoms with Gasteiger partial charge in [0.25, 0.3) is 0 Å². The van der Waals surface area contributed by atoms with Crippen LogP contribution in [0.15, 0.2) is 35.8 Å². The number of carbonyl (C=O) groups is 1.